The molecule has 3 rings (SSSR count). The summed E-state index contributed by atoms with van der Waals surface area (Å²) in [6, 6.07) is 6.87. The number of aromatic nitrogens is 3. The van der Waals surface area contributed by atoms with E-state index in [9.17, 15) is 4.79 Å². The standard InChI is InChI=1S/C13H13N5OS/c1-8(18-6-2-5-15-18)12(19)17-13-16-10-4-3-9(14)7-11(10)20-13/h2-8H,14H2,1H3,(H,16,17,19). The topological polar surface area (TPSA) is 85.8 Å². The number of fused-ring (bicyclic) bond motifs is 1. The normalized spacial score (nSPS) is 12.4. The van der Waals surface area contributed by atoms with Gasteiger partial charge in [-0.2, -0.15) is 5.10 Å². The van der Waals surface area contributed by atoms with E-state index >= 15 is 0 Å². The Kier molecular flexibility index (Phi) is 3.11. The average Bonchev–Trinajstić information content (AvgIpc) is 3.05. The van der Waals surface area contributed by atoms with Gasteiger partial charge >= 0.3 is 0 Å². The summed E-state index contributed by atoms with van der Waals surface area (Å²) >= 11 is 1.40. The molecule has 0 aliphatic heterocycles. The number of nitrogen functional groups attached to an aromatic ring is 1. The van der Waals surface area contributed by atoms with Gasteiger partial charge in [0, 0.05) is 18.1 Å². The molecule has 1 unspecified atom stereocenters. The number of amides is 1. The largest absolute Gasteiger partial charge is 0.399 e. The number of rotatable bonds is 3. The zero-order chi connectivity index (χ0) is 14.1. The number of benzene rings is 1. The molecule has 0 radical (unpaired) electrons. The van der Waals surface area contributed by atoms with Gasteiger partial charge in [0.05, 0.1) is 10.2 Å². The maximum atomic E-state index is 12.1. The Morgan fingerprint density at radius 1 is 1.50 bits per heavy atom. The highest BCUT2D eigenvalue weighted by Crippen LogP contribution is 2.27. The summed E-state index contributed by atoms with van der Waals surface area (Å²) < 4.78 is 2.55. The molecule has 1 aromatic carbocycles. The first kappa shape index (κ1) is 12.6. The van der Waals surface area contributed by atoms with Gasteiger partial charge in [-0.3, -0.25) is 9.48 Å². The summed E-state index contributed by atoms with van der Waals surface area (Å²) in [7, 11) is 0. The van der Waals surface area contributed by atoms with E-state index < -0.39 is 0 Å². The SMILES string of the molecule is CC(C(=O)Nc1nc2ccc(N)cc2s1)n1cccn1. The third-order valence-corrected chi connectivity index (χ3v) is 3.88. The van der Waals surface area contributed by atoms with Gasteiger partial charge in [0.2, 0.25) is 0 Å². The number of hydrogen-bond acceptors (Lipinski definition) is 5. The van der Waals surface area contributed by atoms with Crippen LogP contribution in [0.1, 0.15) is 13.0 Å². The Labute approximate surface area is 119 Å². The number of nitrogens with two attached hydrogens (primary N) is 1. The lowest BCUT2D eigenvalue weighted by Crippen LogP contribution is -2.23. The molecule has 1 amide bonds. The number of thiazole rings is 1. The number of anilines is 2. The molecule has 20 heavy (non-hydrogen) atoms. The minimum absolute atomic E-state index is 0.152. The second-order valence-electron chi connectivity index (χ2n) is 4.40. The van der Waals surface area contributed by atoms with Crippen LogP contribution in [0.15, 0.2) is 36.7 Å². The van der Waals surface area contributed by atoms with E-state index in [1.54, 1.807) is 36.1 Å². The highest BCUT2D eigenvalue weighted by atomic mass is 32.1. The van der Waals surface area contributed by atoms with Crippen LogP contribution in [0.4, 0.5) is 10.8 Å². The van der Waals surface area contributed by atoms with Crippen molar-refractivity contribution in [3.05, 3.63) is 36.7 Å². The summed E-state index contributed by atoms with van der Waals surface area (Å²) in [5.41, 5.74) is 7.24. The molecule has 102 valence electrons. The Hall–Kier alpha value is -2.41. The maximum absolute atomic E-state index is 12.1. The lowest BCUT2D eigenvalue weighted by atomic mass is 10.3. The van der Waals surface area contributed by atoms with Crippen molar-refractivity contribution in [3.63, 3.8) is 0 Å². The molecule has 0 spiro atoms. The number of nitrogens with one attached hydrogen (secondary N) is 1. The van der Waals surface area contributed by atoms with Crippen molar-refractivity contribution in [3.8, 4) is 0 Å². The monoisotopic (exact) mass is 287 g/mol. The maximum Gasteiger partial charge on any atom is 0.250 e. The van der Waals surface area contributed by atoms with Gasteiger partial charge in [0.1, 0.15) is 6.04 Å². The average molecular weight is 287 g/mol. The van der Waals surface area contributed by atoms with Crippen molar-refractivity contribution in [1.82, 2.24) is 14.8 Å². The smallest absolute Gasteiger partial charge is 0.250 e. The van der Waals surface area contributed by atoms with E-state index in [-0.39, 0.29) is 11.9 Å². The minimum atomic E-state index is -0.387. The van der Waals surface area contributed by atoms with Crippen LogP contribution in [0.3, 0.4) is 0 Å². The van der Waals surface area contributed by atoms with Gasteiger partial charge in [-0.25, -0.2) is 4.98 Å². The molecule has 0 aliphatic carbocycles. The highest BCUT2D eigenvalue weighted by molar-refractivity contribution is 7.22. The highest BCUT2D eigenvalue weighted by Gasteiger charge is 2.16. The summed E-state index contributed by atoms with van der Waals surface area (Å²) in [5, 5.41) is 7.43. The third-order valence-electron chi connectivity index (χ3n) is 2.94. The van der Waals surface area contributed by atoms with Crippen molar-refractivity contribution >= 4 is 38.3 Å². The zero-order valence-corrected chi connectivity index (χ0v) is 11.6. The fourth-order valence-electron chi connectivity index (χ4n) is 1.83. The van der Waals surface area contributed by atoms with Crippen molar-refractivity contribution in [2.45, 2.75) is 13.0 Å². The van der Waals surface area contributed by atoms with E-state index in [2.05, 4.69) is 15.4 Å². The summed E-state index contributed by atoms with van der Waals surface area (Å²) in [5.74, 6) is -0.152. The number of hydrogen-bond donors (Lipinski definition) is 2. The van der Waals surface area contributed by atoms with Crippen LogP contribution < -0.4 is 11.1 Å². The van der Waals surface area contributed by atoms with E-state index in [0.717, 1.165) is 10.2 Å². The van der Waals surface area contributed by atoms with E-state index in [4.69, 9.17) is 5.73 Å². The van der Waals surface area contributed by atoms with Gasteiger partial charge in [-0.1, -0.05) is 11.3 Å². The van der Waals surface area contributed by atoms with Gasteiger partial charge in [0.15, 0.2) is 5.13 Å². The Bertz CT molecular complexity index is 749. The molecule has 2 heterocycles. The van der Waals surface area contributed by atoms with Gasteiger partial charge in [-0.05, 0) is 31.2 Å². The summed E-state index contributed by atoms with van der Waals surface area (Å²) in [6.07, 6.45) is 3.40. The molecule has 3 aromatic rings. The quantitative estimate of drug-likeness (QED) is 0.724. The van der Waals surface area contributed by atoms with Crippen molar-refractivity contribution < 1.29 is 4.79 Å². The summed E-state index contributed by atoms with van der Waals surface area (Å²) in [4.78, 5) is 16.5. The van der Waals surface area contributed by atoms with Crippen LogP contribution in [0.5, 0.6) is 0 Å². The second kappa shape index (κ2) is 4.93. The Morgan fingerprint density at radius 2 is 2.35 bits per heavy atom. The molecule has 0 aliphatic rings. The van der Waals surface area contributed by atoms with Crippen LogP contribution in [0, 0.1) is 0 Å². The summed E-state index contributed by atoms with van der Waals surface area (Å²) in [6.45, 7) is 1.79. The van der Waals surface area contributed by atoms with Crippen LogP contribution in [-0.4, -0.2) is 20.7 Å². The first-order valence-electron chi connectivity index (χ1n) is 6.09. The molecule has 3 N–H and O–H groups in total. The van der Waals surface area contributed by atoms with Gasteiger partial charge < -0.3 is 11.1 Å². The van der Waals surface area contributed by atoms with Crippen LogP contribution in [0.25, 0.3) is 10.2 Å². The van der Waals surface area contributed by atoms with Crippen LogP contribution >= 0.6 is 11.3 Å². The van der Waals surface area contributed by atoms with Crippen molar-refractivity contribution in [1.29, 1.82) is 0 Å². The van der Waals surface area contributed by atoms with Crippen molar-refractivity contribution in [2.75, 3.05) is 11.1 Å². The Balaban J connectivity index is 1.80. The minimum Gasteiger partial charge on any atom is -0.399 e. The lowest BCUT2D eigenvalue weighted by Gasteiger charge is -2.10. The van der Waals surface area contributed by atoms with Gasteiger partial charge in [-0.15, -0.1) is 0 Å². The van der Waals surface area contributed by atoms with Crippen LogP contribution in [0.2, 0.25) is 0 Å². The third kappa shape index (κ3) is 2.35. The molecular formula is C13H13N5OS. The molecular weight excluding hydrogens is 274 g/mol. The fourth-order valence-corrected chi connectivity index (χ4v) is 2.75. The lowest BCUT2D eigenvalue weighted by molar-refractivity contribution is -0.119. The van der Waals surface area contributed by atoms with Crippen LogP contribution in [-0.2, 0) is 4.79 Å². The van der Waals surface area contributed by atoms with E-state index in [1.165, 1.54) is 11.3 Å². The molecule has 6 nitrogen and oxygen atoms in total. The molecule has 1 atom stereocenters. The predicted octanol–water partition coefficient (Wildman–Crippen LogP) is 2.27. The van der Waals surface area contributed by atoms with Crippen molar-refractivity contribution in [2.24, 2.45) is 0 Å². The molecule has 0 saturated heterocycles. The molecule has 0 bridgehead atoms. The number of carbonyl (C=O) groups is 1. The first-order chi connectivity index (χ1) is 9.63. The molecule has 0 fully saturated rings. The number of carbonyl (C=O) groups excluding carboxylic acids is 1. The second-order valence-corrected chi connectivity index (χ2v) is 5.43. The first-order valence-corrected chi connectivity index (χ1v) is 6.91. The molecule has 2 aromatic heterocycles. The van der Waals surface area contributed by atoms with E-state index in [0.29, 0.717) is 10.8 Å². The predicted molar refractivity (Wildman–Crippen MR) is 79.6 cm³/mol. The van der Waals surface area contributed by atoms with Gasteiger partial charge in [0.25, 0.3) is 5.91 Å². The number of nitrogens with zero attached hydrogens (tertiary/aromatic N) is 3. The van der Waals surface area contributed by atoms with E-state index in [1.807, 2.05) is 12.1 Å². The molecule has 0 saturated carbocycles. The Morgan fingerprint density at radius 3 is 3.10 bits per heavy atom. The fraction of sp³-hybridized carbons (Fsp3) is 0.154. The zero-order valence-electron chi connectivity index (χ0n) is 10.8. The molecule has 7 heteroatoms.